The Morgan fingerprint density at radius 3 is 2.56 bits per heavy atom. The van der Waals surface area contributed by atoms with Crippen LogP contribution >= 0.6 is 0 Å². The molecule has 2 fully saturated rings. The average Bonchev–Trinajstić information content (AvgIpc) is 2.72. The standard InChI is InChI=1S/C12H23NO3/c14-10-5-9(6-10)13-7-11(15)8-16-12-3-1-2-4-12/h9-15H,1-8H2. The maximum Gasteiger partial charge on any atom is 0.0897 e. The maximum absolute atomic E-state index is 9.69. The van der Waals surface area contributed by atoms with Crippen LogP contribution < -0.4 is 5.32 Å². The molecule has 0 radical (unpaired) electrons. The zero-order valence-corrected chi connectivity index (χ0v) is 9.77. The summed E-state index contributed by atoms with van der Waals surface area (Å²) in [7, 11) is 0. The van der Waals surface area contributed by atoms with Gasteiger partial charge in [-0.3, -0.25) is 0 Å². The molecule has 0 heterocycles. The van der Waals surface area contributed by atoms with Crippen LogP contribution in [0, 0.1) is 0 Å². The fraction of sp³-hybridized carbons (Fsp3) is 1.00. The van der Waals surface area contributed by atoms with E-state index in [0.29, 0.717) is 25.3 Å². The van der Waals surface area contributed by atoms with Gasteiger partial charge in [0.15, 0.2) is 0 Å². The van der Waals surface area contributed by atoms with E-state index in [-0.39, 0.29) is 6.10 Å². The van der Waals surface area contributed by atoms with Crippen molar-refractivity contribution in [3.8, 4) is 0 Å². The largest absolute Gasteiger partial charge is 0.393 e. The fourth-order valence-corrected chi connectivity index (χ4v) is 2.42. The van der Waals surface area contributed by atoms with E-state index in [1.54, 1.807) is 0 Å². The van der Waals surface area contributed by atoms with Crippen molar-refractivity contribution >= 4 is 0 Å². The highest BCUT2D eigenvalue weighted by Gasteiger charge is 2.27. The van der Waals surface area contributed by atoms with E-state index < -0.39 is 6.10 Å². The second-order valence-electron chi connectivity index (χ2n) is 5.12. The van der Waals surface area contributed by atoms with Gasteiger partial charge in [0, 0.05) is 12.6 Å². The monoisotopic (exact) mass is 229 g/mol. The molecule has 0 aromatic heterocycles. The van der Waals surface area contributed by atoms with E-state index in [1.165, 1.54) is 12.8 Å². The van der Waals surface area contributed by atoms with E-state index in [0.717, 1.165) is 25.7 Å². The van der Waals surface area contributed by atoms with Crippen molar-refractivity contribution in [2.45, 2.75) is 62.9 Å². The number of nitrogens with one attached hydrogen (secondary N) is 1. The molecule has 0 amide bonds. The lowest BCUT2D eigenvalue weighted by molar-refractivity contribution is -0.0106. The second kappa shape index (κ2) is 5.96. The van der Waals surface area contributed by atoms with Crippen molar-refractivity contribution in [1.29, 1.82) is 0 Å². The van der Waals surface area contributed by atoms with E-state index in [4.69, 9.17) is 9.84 Å². The number of aliphatic hydroxyl groups is 2. The normalized spacial score (nSPS) is 32.6. The van der Waals surface area contributed by atoms with Crippen molar-refractivity contribution < 1.29 is 14.9 Å². The first-order valence-electron chi connectivity index (χ1n) is 6.45. The zero-order valence-electron chi connectivity index (χ0n) is 9.77. The molecule has 4 heteroatoms. The molecule has 3 N–H and O–H groups in total. The minimum Gasteiger partial charge on any atom is -0.393 e. The minimum absolute atomic E-state index is 0.135. The van der Waals surface area contributed by atoms with E-state index in [2.05, 4.69) is 5.32 Å². The highest BCUT2D eigenvalue weighted by atomic mass is 16.5. The first kappa shape index (κ1) is 12.3. The molecular weight excluding hydrogens is 206 g/mol. The third-order valence-corrected chi connectivity index (χ3v) is 3.58. The van der Waals surface area contributed by atoms with Crippen LogP contribution in [0.25, 0.3) is 0 Å². The fourth-order valence-electron chi connectivity index (χ4n) is 2.42. The lowest BCUT2D eigenvalue weighted by atomic mass is 9.89. The molecule has 1 unspecified atom stereocenters. The van der Waals surface area contributed by atoms with Crippen LogP contribution in [-0.4, -0.2) is 47.7 Å². The summed E-state index contributed by atoms with van der Waals surface area (Å²) < 4.78 is 5.63. The van der Waals surface area contributed by atoms with Crippen LogP contribution in [0.15, 0.2) is 0 Å². The van der Waals surface area contributed by atoms with Crippen LogP contribution in [0.3, 0.4) is 0 Å². The summed E-state index contributed by atoms with van der Waals surface area (Å²) in [5.74, 6) is 0. The van der Waals surface area contributed by atoms with Crippen molar-refractivity contribution in [2.24, 2.45) is 0 Å². The predicted octanol–water partition coefficient (Wildman–Crippen LogP) is 0.419. The molecule has 2 saturated carbocycles. The molecule has 0 saturated heterocycles. The summed E-state index contributed by atoms with van der Waals surface area (Å²) in [6.07, 6.45) is 6.27. The molecule has 2 rings (SSSR count). The summed E-state index contributed by atoms with van der Waals surface area (Å²) in [6, 6.07) is 0.385. The highest BCUT2D eigenvalue weighted by molar-refractivity contribution is 4.85. The Labute approximate surface area is 97.0 Å². The average molecular weight is 229 g/mol. The third kappa shape index (κ3) is 3.70. The number of ether oxygens (including phenoxy) is 1. The Kier molecular flexibility index (Phi) is 4.58. The van der Waals surface area contributed by atoms with E-state index >= 15 is 0 Å². The van der Waals surface area contributed by atoms with Crippen molar-refractivity contribution in [2.75, 3.05) is 13.2 Å². The molecule has 0 bridgehead atoms. The molecule has 4 nitrogen and oxygen atoms in total. The summed E-state index contributed by atoms with van der Waals surface area (Å²) in [5.41, 5.74) is 0. The molecule has 0 aliphatic heterocycles. The van der Waals surface area contributed by atoms with Gasteiger partial charge >= 0.3 is 0 Å². The predicted molar refractivity (Wildman–Crippen MR) is 61.2 cm³/mol. The maximum atomic E-state index is 9.69. The van der Waals surface area contributed by atoms with Crippen LogP contribution in [0.1, 0.15) is 38.5 Å². The molecule has 0 aromatic carbocycles. The van der Waals surface area contributed by atoms with Crippen LogP contribution in [0.4, 0.5) is 0 Å². The second-order valence-corrected chi connectivity index (χ2v) is 5.12. The van der Waals surface area contributed by atoms with Gasteiger partial charge in [-0.1, -0.05) is 12.8 Å². The molecular formula is C12H23NO3. The molecule has 1 atom stereocenters. The van der Waals surface area contributed by atoms with Crippen molar-refractivity contribution in [3.05, 3.63) is 0 Å². The van der Waals surface area contributed by atoms with E-state index in [9.17, 15) is 5.11 Å². The van der Waals surface area contributed by atoms with Gasteiger partial charge in [0.25, 0.3) is 0 Å². The first-order valence-corrected chi connectivity index (χ1v) is 6.45. The van der Waals surface area contributed by atoms with Gasteiger partial charge in [0.1, 0.15) is 0 Å². The first-order chi connectivity index (χ1) is 7.74. The van der Waals surface area contributed by atoms with Gasteiger partial charge in [0.05, 0.1) is 24.9 Å². The Balaban J connectivity index is 1.49. The van der Waals surface area contributed by atoms with Crippen LogP contribution in [0.2, 0.25) is 0 Å². The molecule has 0 spiro atoms. The third-order valence-electron chi connectivity index (χ3n) is 3.58. The summed E-state index contributed by atoms with van der Waals surface area (Å²) in [6.45, 7) is 1.01. The summed E-state index contributed by atoms with van der Waals surface area (Å²) in [4.78, 5) is 0. The number of hydrogen-bond donors (Lipinski definition) is 3. The van der Waals surface area contributed by atoms with Crippen LogP contribution in [-0.2, 0) is 4.74 Å². The molecule has 94 valence electrons. The van der Waals surface area contributed by atoms with Gasteiger partial charge in [-0.25, -0.2) is 0 Å². The Bertz CT molecular complexity index is 200. The molecule has 2 aliphatic carbocycles. The van der Waals surface area contributed by atoms with Gasteiger partial charge < -0.3 is 20.3 Å². The smallest absolute Gasteiger partial charge is 0.0897 e. The van der Waals surface area contributed by atoms with E-state index in [1.807, 2.05) is 0 Å². The molecule has 2 aliphatic rings. The Hall–Kier alpha value is -0.160. The number of aliphatic hydroxyl groups excluding tert-OH is 2. The van der Waals surface area contributed by atoms with Gasteiger partial charge in [-0.2, -0.15) is 0 Å². The Morgan fingerprint density at radius 1 is 1.25 bits per heavy atom. The summed E-state index contributed by atoms with van der Waals surface area (Å²) >= 11 is 0. The zero-order chi connectivity index (χ0) is 11.4. The van der Waals surface area contributed by atoms with Crippen molar-refractivity contribution in [1.82, 2.24) is 5.32 Å². The summed E-state index contributed by atoms with van der Waals surface area (Å²) in [5, 5.41) is 22.0. The Morgan fingerprint density at radius 2 is 1.94 bits per heavy atom. The molecule has 16 heavy (non-hydrogen) atoms. The van der Waals surface area contributed by atoms with Gasteiger partial charge in [0.2, 0.25) is 0 Å². The number of hydrogen-bond acceptors (Lipinski definition) is 4. The lowest BCUT2D eigenvalue weighted by Gasteiger charge is -2.32. The molecule has 0 aromatic rings. The van der Waals surface area contributed by atoms with Gasteiger partial charge in [-0.05, 0) is 25.7 Å². The van der Waals surface area contributed by atoms with Crippen LogP contribution in [0.5, 0.6) is 0 Å². The van der Waals surface area contributed by atoms with Crippen molar-refractivity contribution in [3.63, 3.8) is 0 Å². The highest BCUT2D eigenvalue weighted by Crippen LogP contribution is 2.21. The number of rotatable bonds is 6. The van der Waals surface area contributed by atoms with Gasteiger partial charge in [-0.15, -0.1) is 0 Å². The SMILES string of the molecule is OC(CNC1CC(O)C1)COC1CCCC1. The topological polar surface area (TPSA) is 61.7 Å². The lowest BCUT2D eigenvalue weighted by Crippen LogP contribution is -2.47. The minimum atomic E-state index is -0.418. The quantitative estimate of drug-likeness (QED) is 0.618.